The molecule has 2 unspecified atom stereocenters. The summed E-state index contributed by atoms with van der Waals surface area (Å²) in [6.45, 7) is 7.03. The standard InChI is InChI=1S/C30H34F2N2O2/c1-30(2,3)23-10-12-27(36-4)22(17-23)19-33-28-13-11-26(21-8-6-5-7-9-21)34(28)29(35)16-20-14-24(31)18-25(32)15-20/h5-10,12,14-15,17-18,26,28,33H,11,13,16,19H2,1-4H3. The van der Waals surface area contributed by atoms with E-state index < -0.39 is 11.6 Å². The van der Waals surface area contributed by atoms with Gasteiger partial charge in [0.05, 0.1) is 25.7 Å². The molecular formula is C30H34F2N2O2. The zero-order chi connectivity index (χ0) is 25.9. The van der Waals surface area contributed by atoms with Crippen molar-refractivity contribution in [3.8, 4) is 5.75 Å². The fourth-order valence-electron chi connectivity index (χ4n) is 4.95. The Morgan fingerprint density at radius 2 is 1.69 bits per heavy atom. The third kappa shape index (κ3) is 5.93. The summed E-state index contributed by atoms with van der Waals surface area (Å²) in [6.07, 6.45) is 1.27. The molecule has 190 valence electrons. The van der Waals surface area contributed by atoms with Gasteiger partial charge in [-0.05, 0) is 53.1 Å². The molecular weight excluding hydrogens is 458 g/mol. The molecule has 3 aromatic rings. The van der Waals surface area contributed by atoms with Crippen molar-refractivity contribution in [1.29, 1.82) is 0 Å². The van der Waals surface area contributed by atoms with Gasteiger partial charge < -0.3 is 9.64 Å². The summed E-state index contributed by atoms with van der Waals surface area (Å²) in [5, 5.41) is 3.57. The minimum absolute atomic E-state index is 0.00494. The molecule has 0 aromatic heterocycles. The molecule has 0 spiro atoms. The topological polar surface area (TPSA) is 41.6 Å². The van der Waals surface area contributed by atoms with Crippen molar-refractivity contribution < 1.29 is 18.3 Å². The van der Waals surface area contributed by atoms with Crippen LogP contribution in [0.4, 0.5) is 8.78 Å². The largest absolute Gasteiger partial charge is 0.496 e. The number of methoxy groups -OCH3 is 1. The molecule has 0 bridgehead atoms. The summed E-state index contributed by atoms with van der Waals surface area (Å²) in [6, 6.07) is 19.3. The number of carbonyl (C=O) groups excluding carboxylic acids is 1. The fourth-order valence-corrected chi connectivity index (χ4v) is 4.95. The van der Waals surface area contributed by atoms with Crippen molar-refractivity contribution in [3.63, 3.8) is 0 Å². The SMILES string of the molecule is COc1ccc(C(C)(C)C)cc1CNC1CCC(c2ccccc2)N1C(=O)Cc1cc(F)cc(F)c1. The van der Waals surface area contributed by atoms with Gasteiger partial charge in [-0.2, -0.15) is 0 Å². The van der Waals surface area contributed by atoms with E-state index in [1.54, 1.807) is 7.11 Å². The van der Waals surface area contributed by atoms with E-state index in [1.807, 2.05) is 41.3 Å². The third-order valence-electron chi connectivity index (χ3n) is 6.81. The van der Waals surface area contributed by atoms with Crippen molar-refractivity contribution in [3.05, 3.63) is 101 Å². The lowest BCUT2D eigenvalue weighted by Gasteiger charge is -2.32. The van der Waals surface area contributed by atoms with Gasteiger partial charge in [0.15, 0.2) is 0 Å². The number of benzene rings is 3. The first kappa shape index (κ1) is 25.8. The van der Waals surface area contributed by atoms with E-state index in [1.165, 1.54) is 17.7 Å². The maximum Gasteiger partial charge on any atom is 0.228 e. The smallest absolute Gasteiger partial charge is 0.228 e. The van der Waals surface area contributed by atoms with Crippen molar-refractivity contribution in [2.45, 2.75) is 64.2 Å². The molecule has 0 radical (unpaired) electrons. The van der Waals surface area contributed by atoms with Crippen LogP contribution in [0.1, 0.15) is 61.9 Å². The van der Waals surface area contributed by atoms with E-state index in [-0.39, 0.29) is 30.0 Å². The van der Waals surface area contributed by atoms with Gasteiger partial charge in [0.1, 0.15) is 17.4 Å². The Hall–Kier alpha value is -3.25. The molecule has 4 rings (SSSR count). The second kappa shape index (κ2) is 10.8. The summed E-state index contributed by atoms with van der Waals surface area (Å²) >= 11 is 0. The van der Waals surface area contributed by atoms with E-state index in [0.29, 0.717) is 12.1 Å². The highest BCUT2D eigenvalue weighted by atomic mass is 19.1. The molecule has 36 heavy (non-hydrogen) atoms. The first-order valence-corrected chi connectivity index (χ1v) is 12.4. The van der Waals surface area contributed by atoms with Crippen LogP contribution in [0.5, 0.6) is 5.75 Å². The average molecular weight is 493 g/mol. The van der Waals surface area contributed by atoms with Gasteiger partial charge in [0, 0.05) is 18.2 Å². The normalized spacial score (nSPS) is 17.9. The van der Waals surface area contributed by atoms with Crippen LogP contribution in [0.25, 0.3) is 0 Å². The van der Waals surface area contributed by atoms with E-state index in [2.05, 4.69) is 38.2 Å². The number of nitrogens with one attached hydrogen (secondary N) is 1. The molecule has 1 saturated heterocycles. The van der Waals surface area contributed by atoms with Crippen molar-refractivity contribution >= 4 is 5.91 Å². The molecule has 1 aliphatic rings. The minimum atomic E-state index is -0.681. The van der Waals surface area contributed by atoms with Gasteiger partial charge in [-0.1, -0.05) is 63.2 Å². The Bertz CT molecular complexity index is 1190. The molecule has 1 aliphatic heterocycles. The van der Waals surface area contributed by atoms with Crippen LogP contribution >= 0.6 is 0 Å². The number of hydrogen-bond acceptors (Lipinski definition) is 3. The quantitative estimate of drug-likeness (QED) is 0.421. The Morgan fingerprint density at radius 3 is 2.33 bits per heavy atom. The van der Waals surface area contributed by atoms with Crippen LogP contribution in [-0.4, -0.2) is 24.1 Å². The molecule has 4 nitrogen and oxygen atoms in total. The first-order chi connectivity index (χ1) is 17.2. The second-order valence-corrected chi connectivity index (χ2v) is 10.4. The van der Waals surface area contributed by atoms with Crippen LogP contribution in [0, 0.1) is 11.6 Å². The van der Waals surface area contributed by atoms with Crippen LogP contribution < -0.4 is 10.1 Å². The molecule has 1 heterocycles. The van der Waals surface area contributed by atoms with Crippen LogP contribution in [0.15, 0.2) is 66.7 Å². The number of ether oxygens (including phenoxy) is 1. The Labute approximate surface area is 212 Å². The predicted molar refractivity (Wildman–Crippen MR) is 138 cm³/mol. The van der Waals surface area contributed by atoms with Gasteiger partial charge >= 0.3 is 0 Å². The van der Waals surface area contributed by atoms with Gasteiger partial charge in [0.25, 0.3) is 0 Å². The van der Waals surface area contributed by atoms with Gasteiger partial charge in [-0.3, -0.25) is 10.1 Å². The summed E-state index contributed by atoms with van der Waals surface area (Å²) < 4.78 is 33.2. The molecule has 1 N–H and O–H groups in total. The minimum Gasteiger partial charge on any atom is -0.496 e. The zero-order valence-electron chi connectivity index (χ0n) is 21.4. The maximum absolute atomic E-state index is 13.8. The van der Waals surface area contributed by atoms with Crippen molar-refractivity contribution in [2.24, 2.45) is 0 Å². The summed E-state index contributed by atoms with van der Waals surface area (Å²) in [5.74, 6) is -0.737. The zero-order valence-corrected chi connectivity index (χ0v) is 21.4. The molecule has 2 atom stereocenters. The average Bonchev–Trinajstić information content (AvgIpc) is 3.26. The second-order valence-electron chi connectivity index (χ2n) is 10.4. The van der Waals surface area contributed by atoms with E-state index in [0.717, 1.165) is 35.8 Å². The van der Waals surface area contributed by atoms with Crippen molar-refractivity contribution in [1.82, 2.24) is 10.2 Å². The van der Waals surface area contributed by atoms with Crippen molar-refractivity contribution in [2.75, 3.05) is 7.11 Å². The van der Waals surface area contributed by atoms with E-state index in [9.17, 15) is 13.6 Å². The van der Waals surface area contributed by atoms with Crippen LogP contribution in [-0.2, 0) is 23.2 Å². The molecule has 0 saturated carbocycles. The number of hydrogen-bond donors (Lipinski definition) is 1. The lowest BCUT2D eigenvalue weighted by Crippen LogP contribution is -2.46. The number of amides is 1. The van der Waals surface area contributed by atoms with E-state index in [4.69, 9.17) is 4.74 Å². The van der Waals surface area contributed by atoms with Gasteiger partial charge in [-0.25, -0.2) is 8.78 Å². The number of carbonyl (C=O) groups is 1. The van der Waals surface area contributed by atoms with E-state index >= 15 is 0 Å². The number of likely N-dealkylation sites (tertiary alicyclic amines) is 1. The Balaban J connectivity index is 1.59. The molecule has 6 heteroatoms. The molecule has 3 aromatic carbocycles. The summed E-state index contributed by atoms with van der Waals surface area (Å²) in [5.41, 5.74) is 3.60. The van der Waals surface area contributed by atoms with Crippen LogP contribution in [0.3, 0.4) is 0 Å². The molecule has 0 aliphatic carbocycles. The lowest BCUT2D eigenvalue weighted by atomic mass is 9.86. The fraction of sp³-hybridized carbons (Fsp3) is 0.367. The highest BCUT2D eigenvalue weighted by molar-refractivity contribution is 5.80. The Morgan fingerprint density at radius 1 is 1.00 bits per heavy atom. The highest BCUT2D eigenvalue weighted by Crippen LogP contribution is 2.36. The van der Waals surface area contributed by atoms with Crippen LogP contribution in [0.2, 0.25) is 0 Å². The molecule has 1 amide bonds. The third-order valence-corrected chi connectivity index (χ3v) is 6.81. The summed E-state index contributed by atoms with van der Waals surface area (Å²) in [4.78, 5) is 15.4. The maximum atomic E-state index is 13.8. The Kier molecular flexibility index (Phi) is 7.74. The number of nitrogens with zero attached hydrogens (tertiary/aromatic N) is 1. The van der Waals surface area contributed by atoms with Gasteiger partial charge in [-0.15, -0.1) is 0 Å². The number of halogens is 2. The highest BCUT2D eigenvalue weighted by Gasteiger charge is 2.37. The lowest BCUT2D eigenvalue weighted by molar-refractivity contribution is -0.134. The monoisotopic (exact) mass is 492 g/mol. The first-order valence-electron chi connectivity index (χ1n) is 12.4. The number of rotatable bonds is 7. The summed E-state index contributed by atoms with van der Waals surface area (Å²) in [7, 11) is 1.66. The van der Waals surface area contributed by atoms with Gasteiger partial charge in [0.2, 0.25) is 5.91 Å². The predicted octanol–water partition coefficient (Wildman–Crippen LogP) is 6.29. The molecule has 1 fully saturated rings.